The molecule has 0 aliphatic rings. The molecule has 0 aliphatic carbocycles. The molecule has 0 aromatic heterocycles. The Kier molecular flexibility index (Phi) is 1.91. The molecule has 0 heterocycles. The van der Waals surface area contributed by atoms with Gasteiger partial charge in [-0.1, -0.05) is 36.4 Å². The molecule has 0 N–H and O–H groups in total. The van der Waals surface area contributed by atoms with Gasteiger partial charge in [0.25, 0.3) is 0 Å². The number of allylic oxidation sites excluding steroid dienone is 1. The van der Waals surface area contributed by atoms with Crippen molar-refractivity contribution in [1.82, 2.24) is 0 Å². The molecular formula is C10H10. The van der Waals surface area contributed by atoms with Gasteiger partial charge >= 0.3 is 0 Å². The molecule has 0 nitrogen and oxygen atoms in total. The van der Waals surface area contributed by atoms with Gasteiger partial charge in [-0.15, -0.1) is 0 Å². The molecule has 0 saturated heterocycles. The zero-order valence-electron chi connectivity index (χ0n) is 6.09. The highest BCUT2D eigenvalue weighted by Crippen LogP contribution is 2.11. The zero-order valence-corrected chi connectivity index (χ0v) is 6.09. The standard InChI is InChI=1S/C10H10/c1-8(2)10-6-4-9(3)5-7-10/h3-7H,1H2,2H3. The first kappa shape index (κ1) is 7.07. The fourth-order valence-electron chi connectivity index (χ4n) is 0.768. The first-order valence-electron chi connectivity index (χ1n) is 3.21. The van der Waals surface area contributed by atoms with E-state index in [4.69, 9.17) is 6.92 Å². The van der Waals surface area contributed by atoms with E-state index in [-0.39, 0.29) is 0 Å². The van der Waals surface area contributed by atoms with Gasteiger partial charge in [-0.05, 0) is 25.0 Å². The van der Waals surface area contributed by atoms with Crippen LogP contribution in [0.2, 0.25) is 0 Å². The van der Waals surface area contributed by atoms with Gasteiger partial charge in [0.2, 0.25) is 0 Å². The van der Waals surface area contributed by atoms with Crippen molar-refractivity contribution >= 4 is 5.57 Å². The largest absolute Gasteiger partial charge is 0.0955 e. The van der Waals surface area contributed by atoms with E-state index in [1.165, 1.54) is 0 Å². The molecule has 0 heteroatoms. The molecular weight excluding hydrogens is 120 g/mol. The second-order valence-corrected chi connectivity index (χ2v) is 2.40. The Morgan fingerprint density at radius 3 is 2.20 bits per heavy atom. The van der Waals surface area contributed by atoms with E-state index in [1.807, 2.05) is 31.2 Å². The van der Waals surface area contributed by atoms with E-state index in [9.17, 15) is 0 Å². The summed E-state index contributed by atoms with van der Waals surface area (Å²) in [6.07, 6.45) is 0. The Morgan fingerprint density at radius 1 is 1.30 bits per heavy atom. The van der Waals surface area contributed by atoms with Crippen molar-refractivity contribution in [2.24, 2.45) is 0 Å². The second-order valence-electron chi connectivity index (χ2n) is 2.40. The molecule has 0 unspecified atom stereocenters. The highest BCUT2D eigenvalue weighted by Gasteiger charge is 1.89. The maximum Gasteiger partial charge on any atom is -0.00120 e. The molecule has 1 aromatic carbocycles. The fraction of sp³-hybridized carbons (Fsp3) is 0.100. The predicted molar refractivity (Wildman–Crippen MR) is 44.6 cm³/mol. The minimum Gasteiger partial charge on any atom is -0.0955 e. The van der Waals surface area contributed by atoms with Crippen LogP contribution in [-0.4, -0.2) is 0 Å². The zero-order chi connectivity index (χ0) is 7.56. The van der Waals surface area contributed by atoms with Gasteiger partial charge < -0.3 is 0 Å². The molecule has 1 aromatic rings. The van der Waals surface area contributed by atoms with Crippen LogP contribution in [-0.2, 0) is 0 Å². The molecule has 0 fully saturated rings. The van der Waals surface area contributed by atoms with Crippen molar-refractivity contribution in [2.75, 3.05) is 0 Å². The van der Waals surface area contributed by atoms with E-state index in [1.54, 1.807) is 0 Å². The lowest BCUT2D eigenvalue weighted by atomic mass is 10.1. The van der Waals surface area contributed by atoms with Crippen LogP contribution in [0.5, 0.6) is 0 Å². The minimum absolute atomic E-state index is 0.796. The van der Waals surface area contributed by atoms with Crippen LogP contribution in [0.4, 0.5) is 0 Å². The first-order chi connectivity index (χ1) is 4.70. The average Bonchev–Trinajstić information content (AvgIpc) is 1.88. The van der Waals surface area contributed by atoms with Gasteiger partial charge in [0.05, 0.1) is 0 Å². The van der Waals surface area contributed by atoms with Crippen LogP contribution in [0.15, 0.2) is 30.8 Å². The molecule has 0 spiro atoms. The molecule has 0 atom stereocenters. The molecule has 2 radical (unpaired) electrons. The van der Waals surface area contributed by atoms with Gasteiger partial charge in [0.1, 0.15) is 0 Å². The minimum atomic E-state index is 0.796. The predicted octanol–water partition coefficient (Wildman–Crippen LogP) is 2.78. The summed E-state index contributed by atoms with van der Waals surface area (Å²) < 4.78 is 0. The lowest BCUT2D eigenvalue weighted by Crippen LogP contribution is -1.76. The van der Waals surface area contributed by atoms with Crippen molar-refractivity contribution in [2.45, 2.75) is 6.92 Å². The summed E-state index contributed by atoms with van der Waals surface area (Å²) in [6.45, 7) is 11.3. The lowest BCUT2D eigenvalue weighted by molar-refractivity contribution is 1.54. The summed E-state index contributed by atoms with van der Waals surface area (Å²) in [4.78, 5) is 0. The average molecular weight is 130 g/mol. The summed E-state index contributed by atoms with van der Waals surface area (Å²) in [7, 11) is 0. The van der Waals surface area contributed by atoms with Crippen LogP contribution < -0.4 is 0 Å². The van der Waals surface area contributed by atoms with Gasteiger partial charge in [-0.3, -0.25) is 0 Å². The van der Waals surface area contributed by atoms with E-state index < -0.39 is 0 Å². The molecule has 0 saturated carbocycles. The first-order valence-corrected chi connectivity index (χ1v) is 3.21. The summed E-state index contributed by atoms with van der Waals surface area (Å²) in [5.41, 5.74) is 3.01. The third-order valence-electron chi connectivity index (χ3n) is 1.40. The van der Waals surface area contributed by atoms with Crippen LogP contribution in [0.25, 0.3) is 5.57 Å². The Labute approximate surface area is 62.2 Å². The number of rotatable bonds is 1. The second kappa shape index (κ2) is 2.70. The SMILES string of the molecule is [CH]c1ccc(C(=C)C)cc1. The van der Waals surface area contributed by atoms with E-state index in [0.29, 0.717) is 0 Å². The van der Waals surface area contributed by atoms with Gasteiger partial charge in [0.15, 0.2) is 0 Å². The van der Waals surface area contributed by atoms with E-state index in [2.05, 4.69) is 6.58 Å². The quantitative estimate of drug-likeness (QED) is 0.548. The molecule has 0 amide bonds. The summed E-state index contributed by atoms with van der Waals surface area (Å²) >= 11 is 0. The maximum absolute atomic E-state index is 5.50. The van der Waals surface area contributed by atoms with Crippen molar-refractivity contribution < 1.29 is 0 Å². The molecule has 10 heavy (non-hydrogen) atoms. The van der Waals surface area contributed by atoms with Crippen LogP contribution >= 0.6 is 0 Å². The number of hydrogen-bond donors (Lipinski definition) is 0. The lowest BCUT2D eigenvalue weighted by Gasteiger charge is -1.97. The third-order valence-corrected chi connectivity index (χ3v) is 1.40. The summed E-state index contributed by atoms with van der Waals surface area (Å²) in [5, 5.41) is 0. The Hall–Kier alpha value is -1.04. The monoisotopic (exact) mass is 130 g/mol. The van der Waals surface area contributed by atoms with Crippen molar-refractivity contribution in [1.29, 1.82) is 0 Å². The normalized spacial score (nSPS) is 9.40. The smallest absolute Gasteiger partial charge is 0.00120 e. The maximum atomic E-state index is 5.50. The number of benzene rings is 1. The Balaban J connectivity index is 3.00. The molecule has 0 bridgehead atoms. The van der Waals surface area contributed by atoms with Crippen LogP contribution in [0.1, 0.15) is 18.1 Å². The van der Waals surface area contributed by atoms with Gasteiger partial charge in [0, 0.05) is 0 Å². The molecule has 50 valence electrons. The highest BCUT2D eigenvalue weighted by atomic mass is 13.9. The van der Waals surface area contributed by atoms with Crippen molar-refractivity contribution in [3.05, 3.63) is 48.9 Å². The Bertz CT molecular complexity index is 229. The molecule has 1 rings (SSSR count). The van der Waals surface area contributed by atoms with Crippen molar-refractivity contribution in [3.8, 4) is 0 Å². The van der Waals surface area contributed by atoms with E-state index in [0.717, 1.165) is 16.7 Å². The highest BCUT2D eigenvalue weighted by molar-refractivity contribution is 5.61. The van der Waals surface area contributed by atoms with Crippen LogP contribution in [0.3, 0.4) is 0 Å². The van der Waals surface area contributed by atoms with Crippen molar-refractivity contribution in [3.63, 3.8) is 0 Å². The summed E-state index contributed by atoms with van der Waals surface area (Å²) in [6, 6.07) is 7.70. The third kappa shape index (κ3) is 1.47. The van der Waals surface area contributed by atoms with Crippen LogP contribution in [0, 0.1) is 6.92 Å². The fourth-order valence-corrected chi connectivity index (χ4v) is 0.768. The van der Waals surface area contributed by atoms with Gasteiger partial charge in [-0.25, -0.2) is 0 Å². The summed E-state index contributed by atoms with van der Waals surface area (Å²) in [5.74, 6) is 0. The topological polar surface area (TPSA) is 0 Å². The number of hydrogen-bond acceptors (Lipinski definition) is 0. The Morgan fingerprint density at radius 2 is 1.80 bits per heavy atom. The van der Waals surface area contributed by atoms with E-state index >= 15 is 0 Å². The molecule has 0 aliphatic heterocycles. The van der Waals surface area contributed by atoms with Gasteiger partial charge in [-0.2, -0.15) is 0 Å².